The monoisotopic (exact) mass is 719 g/mol. The summed E-state index contributed by atoms with van der Waals surface area (Å²) in [5.41, 5.74) is -0.887. The molecule has 5 saturated carbocycles. The second-order valence-corrected chi connectivity index (χ2v) is 20.2. The number of alkyl halides is 2. The van der Waals surface area contributed by atoms with E-state index in [0.29, 0.717) is 5.78 Å². The summed E-state index contributed by atoms with van der Waals surface area (Å²) >= 11 is 14.9. The summed E-state index contributed by atoms with van der Waals surface area (Å²) in [6.07, 6.45) is 45.9. The molecule has 0 bridgehead atoms. The van der Waals surface area contributed by atoms with Gasteiger partial charge in [0.05, 0.1) is 10.8 Å². The highest BCUT2D eigenvalue weighted by Crippen LogP contribution is 2.75. The van der Waals surface area contributed by atoms with Crippen LogP contribution in [-0.4, -0.2) is 10.1 Å². The second-order valence-electron chi connectivity index (χ2n) is 18.8. The molecular formula is C46H80Cl2O. The van der Waals surface area contributed by atoms with E-state index in [-0.39, 0.29) is 0 Å². The van der Waals surface area contributed by atoms with Crippen molar-refractivity contribution in [3.05, 3.63) is 0 Å². The first-order valence-electron chi connectivity index (χ1n) is 22.8. The number of halogens is 2. The molecule has 0 unspecified atom stereocenters. The number of hydrogen-bond acceptors (Lipinski definition) is 1. The van der Waals surface area contributed by atoms with Crippen molar-refractivity contribution in [3.63, 3.8) is 0 Å². The van der Waals surface area contributed by atoms with Gasteiger partial charge in [-0.05, 0) is 113 Å². The molecule has 5 aliphatic carbocycles. The molecule has 0 aromatic rings. The highest BCUT2D eigenvalue weighted by Gasteiger charge is 2.79. The van der Waals surface area contributed by atoms with Crippen LogP contribution in [0.15, 0.2) is 0 Å². The van der Waals surface area contributed by atoms with E-state index in [1.165, 1.54) is 193 Å². The van der Waals surface area contributed by atoms with Crippen molar-refractivity contribution in [1.82, 2.24) is 0 Å². The zero-order valence-corrected chi connectivity index (χ0v) is 34.2. The van der Waals surface area contributed by atoms with Gasteiger partial charge in [0.25, 0.3) is 0 Å². The Hall–Kier alpha value is 0.250. The van der Waals surface area contributed by atoms with Gasteiger partial charge in [0.1, 0.15) is 4.33 Å². The Labute approximate surface area is 315 Å². The van der Waals surface area contributed by atoms with Crippen LogP contribution in [0.25, 0.3) is 0 Å². The van der Waals surface area contributed by atoms with Crippen molar-refractivity contribution in [2.45, 2.75) is 236 Å². The molecule has 0 aliphatic heterocycles. The quantitative estimate of drug-likeness (QED) is 0.0904. The Bertz CT molecular complexity index is 853. The Morgan fingerprint density at radius 3 is 1.02 bits per heavy atom. The van der Waals surface area contributed by atoms with Crippen LogP contribution < -0.4 is 0 Å². The van der Waals surface area contributed by atoms with Gasteiger partial charge in [-0.25, -0.2) is 0 Å². The fourth-order valence-corrected chi connectivity index (χ4v) is 13.6. The molecule has 284 valence electrons. The topological polar surface area (TPSA) is 17.1 Å². The van der Waals surface area contributed by atoms with Crippen LogP contribution in [0, 0.1) is 46.3 Å². The summed E-state index contributed by atoms with van der Waals surface area (Å²) in [5, 5.41) is 0. The van der Waals surface area contributed by atoms with E-state index in [9.17, 15) is 4.79 Å². The third-order valence-corrected chi connectivity index (χ3v) is 17.3. The highest BCUT2D eigenvalue weighted by molar-refractivity contribution is 6.55. The predicted molar refractivity (Wildman–Crippen MR) is 214 cm³/mol. The Morgan fingerprint density at radius 1 is 0.429 bits per heavy atom. The minimum Gasteiger partial charge on any atom is -0.298 e. The van der Waals surface area contributed by atoms with Gasteiger partial charge < -0.3 is 0 Å². The predicted octanol–water partition coefficient (Wildman–Crippen LogP) is 15.8. The molecule has 1 nitrogen and oxygen atoms in total. The first-order valence-corrected chi connectivity index (χ1v) is 23.5. The van der Waals surface area contributed by atoms with Gasteiger partial charge in [-0.15, -0.1) is 0 Å². The maximum Gasteiger partial charge on any atom is 0.151 e. The molecular weight excluding hydrogens is 639 g/mol. The van der Waals surface area contributed by atoms with Crippen LogP contribution in [0.3, 0.4) is 0 Å². The van der Waals surface area contributed by atoms with Gasteiger partial charge in [-0.1, -0.05) is 178 Å². The van der Waals surface area contributed by atoms with Crippen molar-refractivity contribution < 1.29 is 4.79 Å². The minimum atomic E-state index is -0.839. The highest BCUT2D eigenvalue weighted by atomic mass is 35.5. The summed E-state index contributed by atoms with van der Waals surface area (Å²) < 4.78 is -0.839. The number of carbonyl (C=O) groups excluding carboxylic acids is 1. The maximum absolute atomic E-state index is 14.2. The summed E-state index contributed by atoms with van der Waals surface area (Å²) in [7, 11) is 0. The zero-order valence-electron chi connectivity index (χ0n) is 32.7. The van der Waals surface area contributed by atoms with Crippen molar-refractivity contribution in [2.75, 3.05) is 0 Å². The molecule has 0 aromatic heterocycles. The van der Waals surface area contributed by atoms with E-state index in [2.05, 4.69) is 13.8 Å². The molecule has 5 rings (SSSR count). The van der Waals surface area contributed by atoms with Crippen LogP contribution >= 0.6 is 23.2 Å². The van der Waals surface area contributed by atoms with Gasteiger partial charge in [0.2, 0.25) is 0 Å². The fourth-order valence-electron chi connectivity index (χ4n) is 12.5. The number of rotatable bonds is 20. The molecule has 3 heteroatoms. The lowest BCUT2D eigenvalue weighted by molar-refractivity contribution is -0.173. The lowest BCUT2D eigenvalue weighted by Gasteiger charge is -2.67. The van der Waals surface area contributed by atoms with Crippen LogP contribution in [0.1, 0.15) is 232 Å². The van der Waals surface area contributed by atoms with Crippen LogP contribution in [0.4, 0.5) is 0 Å². The SMILES string of the molecule is CCCCCCCCCCC1CCC(C2CC[C@]3(CC2)C(=O)[C@@]2(CC[C@@H](C4CCC(CCCCCCCCCC)CC4)CC2)C3(Cl)Cl)CC1. The molecule has 0 radical (unpaired) electrons. The molecule has 2 spiro atoms. The molecule has 5 fully saturated rings. The zero-order chi connectivity index (χ0) is 34.6. The smallest absolute Gasteiger partial charge is 0.151 e. The van der Waals surface area contributed by atoms with E-state index >= 15 is 0 Å². The molecule has 0 heterocycles. The molecule has 49 heavy (non-hydrogen) atoms. The van der Waals surface area contributed by atoms with Crippen LogP contribution in [-0.2, 0) is 4.79 Å². The Balaban J connectivity index is 0.956. The van der Waals surface area contributed by atoms with E-state index < -0.39 is 15.2 Å². The van der Waals surface area contributed by atoms with E-state index in [0.717, 1.165) is 61.2 Å². The molecule has 5 aliphatic rings. The summed E-state index contributed by atoms with van der Waals surface area (Å²) in [6, 6.07) is 0. The van der Waals surface area contributed by atoms with Gasteiger partial charge in [-0.3, -0.25) is 4.79 Å². The number of Topliss-reactive ketones (excluding diaryl/α,β-unsaturated/α-hetero) is 1. The number of ketones is 1. The third kappa shape index (κ3) is 9.87. The van der Waals surface area contributed by atoms with Gasteiger partial charge in [0, 0.05) is 0 Å². The molecule has 0 saturated heterocycles. The van der Waals surface area contributed by atoms with Crippen LogP contribution in [0.5, 0.6) is 0 Å². The second kappa shape index (κ2) is 20.1. The van der Waals surface area contributed by atoms with E-state index in [1.807, 2.05) is 0 Å². The molecule has 0 N–H and O–H groups in total. The van der Waals surface area contributed by atoms with E-state index in [1.54, 1.807) is 0 Å². The Kier molecular flexibility index (Phi) is 16.6. The third-order valence-electron chi connectivity index (χ3n) is 15.9. The minimum absolute atomic E-state index is 0.444. The largest absolute Gasteiger partial charge is 0.298 e. The fraction of sp³-hybridized carbons (Fsp3) is 0.978. The summed E-state index contributed by atoms with van der Waals surface area (Å²) in [4.78, 5) is 14.2. The first-order chi connectivity index (χ1) is 23.9. The number of carbonyl (C=O) groups is 1. The van der Waals surface area contributed by atoms with Crippen molar-refractivity contribution in [2.24, 2.45) is 46.3 Å². The normalized spacial score (nSPS) is 36.3. The maximum atomic E-state index is 14.2. The lowest BCUT2D eigenvalue weighted by atomic mass is 9.41. The summed E-state index contributed by atoms with van der Waals surface area (Å²) in [5.74, 6) is 5.79. The van der Waals surface area contributed by atoms with Crippen molar-refractivity contribution in [1.29, 1.82) is 0 Å². The molecule has 0 amide bonds. The average Bonchev–Trinajstić information content (AvgIpc) is 3.14. The molecule has 0 atom stereocenters. The van der Waals surface area contributed by atoms with Gasteiger partial charge in [-0.2, -0.15) is 0 Å². The van der Waals surface area contributed by atoms with Crippen LogP contribution in [0.2, 0.25) is 0 Å². The Morgan fingerprint density at radius 2 is 0.714 bits per heavy atom. The first kappa shape index (κ1) is 40.4. The van der Waals surface area contributed by atoms with E-state index in [4.69, 9.17) is 23.2 Å². The average molecular weight is 720 g/mol. The lowest BCUT2D eigenvalue weighted by Crippen LogP contribution is -2.74. The summed E-state index contributed by atoms with van der Waals surface area (Å²) in [6.45, 7) is 4.61. The van der Waals surface area contributed by atoms with Gasteiger partial charge in [0.15, 0.2) is 5.78 Å². The molecule has 0 aromatic carbocycles. The number of unbranched alkanes of at least 4 members (excludes halogenated alkanes) is 14. The standard InChI is InChI=1S/C46H80Cl2O/c1-3-5-7-9-11-13-15-17-19-37-21-25-39(26-22-37)41-29-33-44(34-30-41)43(49)45(46(44,47)48)35-31-42(32-36-45)40-27-23-38(24-28-40)20-18-16-14-12-10-8-6-4-2/h37-42H,3-36H2,1-2H3/t37?,38?,39?,40?,41-,42?,44+,45-. The van der Waals surface area contributed by atoms with Gasteiger partial charge >= 0.3 is 0 Å². The van der Waals surface area contributed by atoms with Crippen molar-refractivity contribution in [3.8, 4) is 0 Å². The number of hydrogen-bond donors (Lipinski definition) is 0. The van der Waals surface area contributed by atoms with Crippen molar-refractivity contribution >= 4 is 29.0 Å².